The van der Waals surface area contributed by atoms with Crippen molar-refractivity contribution in [3.8, 4) is 5.75 Å². The summed E-state index contributed by atoms with van der Waals surface area (Å²) in [5.41, 5.74) is 9.58. The number of hydrogen-bond acceptors (Lipinski definition) is 4. The lowest BCUT2D eigenvalue weighted by Gasteiger charge is -2.11. The van der Waals surface area contributed by atoms with Crippen molar-refractivity contribution in [3.05, 3.63) is 51.5 Å². The summed E-state index contributed by atoms with van der Waals surface area (Å²) in [7, 11) is 0. The van der Waals surface area contributed by atoms with Gasteiger partial charge in [0.05, 0.1) is 20.9 Å². The van der Waals surface area contributed by atoms with Crippen LogP contribution in [-0.4, -0.2) is 4.98 Å². The van der Waals surface area contributed by atoms with Crippen LogP contribution in [0.15, 0.2) is 35.8 Å². The van der Waals surface area contributed by atoms with Crippen molar-refractivity contribution >= 4 is 50.4 Å². The number of rotatable bonds is 3. The standard InChI is InChI=1S/C14H10Cl2N2OS/c15-9-4-5-10(17)13(16)8(9)6-19-11-2-1-3-12-14(11)18-7-20-12/h1-5,7H,6,17H2. The highest BCUT2D eigenvalue weighted by Gasteiger charge is 2.11. The van der Waals surface area contributed by atoms with Crippen LogP contribution < -0.4 is 10.5 Å². The number of nitrogens with zero attached hydrogens (tertiary/aromatic N) is 1. The summed E-state index contributed by atoms with van der Waals surface area (Å²) in [5, 5.41) is 0.970. The van der Waals surface area contributed by atoms with Gasteiger partial charge < -0.3 is 10.5 Å². The van der Waals surface area contributed by atoms with Gasteiger partial charge in [0.25, 0.3) is 0 Å². The maximum Gasteiger partial charge on any atom is 0.146 e. The first-order valence-electron chi connectivity index (χ1n) is 5.84. The number of para-hydroxylation sites is 1. The minimum Gasteiger partial charge on any atom is -0.486 e. The molecule has 0 saturated carbocycles. The van der Waals surface area contributed by atoms with E-state index < -0.39 is 0 Å². The lowest BCUT2D eigenvalue weighted by Crippen LogP contribution is -2.00. The van der Waals surface area contributed by atoms with E-state index in [1.165, 1.54) is 0 Å². The molecule has 0 radical (unpaired) electrons. The molecule has 0 saturated heterocycles. The fourth-order valence-electron chi connectivity index (χ4n) is 1.87. The minimum atomic E-state index is 0.249. The fourth-order valence-corrected chi connectivity index (χ4v) is 3.05. The number of anilines is 1. The first kappa shape index (κ1) is 13.5. The number of halogens is 2. The zero-order valence-corrected chi connectivity index (χ0v) is 12.6. The van der Waals surface area contributed by atoms with Crippen molar-refractivity contribution < 1.29 is 4.74 Å². The van der Waals surface area contributed by atoms with Gasteiger partial charge in [0, 0.05) is 10.6 Å². The molecule has 3 rings (SSSR count). The van der Waals surface area contributed by atoms with Crippen LogP contribution in [-0.2, 0) is 6.61 Å². The third kappa shape index (κ3) is 2.42. The SMILES string of the molecule is Nc1ccc(Cl)c(COc2cccc3scnc23)c1Cl. The molecule has 0 aliphatic carbocycles. The van der Waals surface area contributed by atoms with E-state index in [4.69, 9.17) is 33.7 Å². The second-order valence-corrected chi connectivity index (χ2v) is 5.84. The molecule has 0 bridgehead atoms. The van der Waals surface area contributed by atoms with Crippen LogP contribution in [0.5, 0.6) is 5.75 Å². The van der Waals surface area contributed by atoms with Crippen molar-refractivity contribution in [2.24, 2.45) is 0 Å². The van der Waals surface area contributed by atoms with Crippen LogP contribution in [0.1, 0.15) is 5.56 Å². The molecule has 1 aromatic heterocycles. The van der Waals surface area contributed by atoms with Gasteiger partial charge in [0.1, 0.15) is 17.9 Å². The predicted molar refractivity (Wildman–Crippen MR) is 84.8 cm³/mol. The number of hydrogen-bond donors (Lipinski definition) is 1. The summed E-state index contributed by atoms with van der Waals surface area (Å²) in [6.45, 7) is 0.249. The van der Waals surface area contributed by atoms with Gasteiger partial charge in [0.15, 0.2) is 0 Å². The Morgan fingerprint density at radius 1 is 1.20 bits per heavy atom. The van der Waals surface area contributed by atoms with E-state index in [9.17, 15) is 0 Å². The van der Waals surface area contributed by atoms with Crippen LogP contribution in [0.3, 0.4) is 0 Å². The molecule has 2 N–H and O–H groups in total. The van der Waals surface area contributed by atoms with E-state index in [-0.39, 0.29) is 6.61 Å². The van der Waals surface area contributed by atoms with Crippen LogP contribution in [0.4, 0.5) is 5.69 Å². The molecule has 0 amide bonds. The monoisotopic (exact) mass is 324 g/mol. The average molecular weight is 325 g/mol. The molecule has 0 aliphatic heterocycles. The largest absolute Gasteiger partial charge is 0.486 e. The molecule has 3 aromatic rings. The molecule has 0 unspecified atom stereocenters. The third-order valence-electron chi connectivity index (χ3n) is 2.91. The summed E-state index contributed by atoms with van der Waals surface area (Å²) in [5.74, 6) is 0.707. The lowest BCUT2D eigenvalue weighted by molar-refractivity contribution is 0.310. The summed E-state index contributed by atoms with van der Waals surface area (Å²) in [6, 6.07) is 9.19. The molecule has 0 spiro atoms. The van der Waals surface area contributed by atoms with E-state index in [0.717, 1.165) is 10.2 Å². The maximum absolute atomic E-state index is 6.16. The Labute approximate surface area is 129 Å². The van der Waals surface area contributed by atoms with Crippen LogP contribution in [0.2, 0.25) is 10.0 Å². The van der Waals surface area contributed by atoms with Crippen molar-refractivity contribution in [3.63, 3.8) is 0 Å². The number of thiazole rings is 1. The van der Waals surface area contributed by atoms with E-state index in [0.29, 0.717) is 27.0 Å². The zero-order chi connectivity index (χ0) is 14.1. The van der Waals surface area contributed by atoms with Crippen LogP contribution in [0.25, 0.3) is 10.2 Å². The number of fused-ring (bicyclic) bond motifs is 1. The summed E-state index contributed by atoms with van der Waals surface area (Å²) in [6.07, 6.45) is 0. The molecule has 6 heteroatoms. The second-order valence-electron chi connectivity index (χ2n) is 4.17. The lowest BCUT2D eigenvalue weighted by atomic mass is 10.2. The van der Waals surface area contributed by atoms with Crippen LogP contribution >= 0.6 is 34.5 Å². The zero-order valence-electron chi connectivity index (χ0n) is 10.3. The Morgan fingerprint density at radius 3 is 2.90 bits per heavy atom. The molecule has 0 fully saturated rings. The molecule has 1 heterocycles. The molecule has 3 nitrogen and oxygen atoms in total. The Bertz CT molecular complexity index is 773. The molecule has 0 aliphatic rings. The fraction of sp³-hybridized carbons (Fsp3) is 0.0714. The number of nitrogens with two attached hydrogens (primary N) is 1. The number of ether oxygens (including phenoxy) is 1. The Morgan fingerprint density at radius 2 is 2.05 bits per heavy atom. The molecular weight excluding hydrogens is 315 g/mol. The van der Waals surface area contributed by atoms with Crippen molar-refractivity contribution in [2.45, 2.75) is 6.61 Å². The van der Waals surface area contributed by atoms with E-state index in [1.54, 1.807) is 29.0 Å². The van der Waals surface area contributed by atoms with Gasteiger partial charge in [-0.25, -0.2) is 4.98 Å². The van der Waals surface area contributed by atoms with E-state index in [2.05, 4.69) is 4.98 Å². The van der Waals surface area contributed by atoms with Gasteiger partial charge in [-0.05, 0) is 24.3 Å². The molecular formula is C14H10Cl2N2OS. The van der Waals surface area contributed by atoms with Crippen LogP contribution in [0, 0.1) is 0 Å². The minimum absolute atomic E-state index is 0.249. The molecule has 0 atom stereocenters. The average Bonchev–Trinajstić information content (AvgIpc) is 2.92. The predicted octanol–water partition coefficient (Wildman–Crippen LogP) is 4.76. The van der Waals surface area contributed by atoms with E-state index in [1.807, 2.05) is 18.2 Å². The van der Waals surface area contributed by atoms with Crippen molar-refractivity contribution in [1.82, 2.24) is 4.98 Å². The Hall–Kier alpha value is -1.49. The highest BCUT2D eigenvalue weighted by atomic mass is 35.5. The highest BCUT2D eigenvalue weighted by molar-refractivity contribution is 7.16. The summed E-state index contributed by atoms with van der Waals surface area (Å²) < 4.78 is 6.88. The quantitative estimate of drug-likeness (QED) is 0.706. The van der Waals surface area contributed by atoms with E-state index >= 15 is 0 Å². The first-order valence-corrected chi connectivity index (χ1v) is 7.47. The summed E-state index contributed by atoms with van der Waals surface area (Å²) >= 11 is 13.9. The normalized spacial score (nSPS) is 10.9. The molecule has 2 aromatic carbocycles. The first-order chi connectivity index (χ1) is 9.66. The van der Waals surface area contributed by atoms with Crippen molar-refractivity contribution in [2.75, 3.05) is 5.73 Å². The van der Waals surface area contributed by atoms with Gasteiger partial charge in [-0.2, -0.15) is 0 Å². The topological polar surface area (TPSA) is 48.1 Å². The number of benzene rings is 2. The molecule has 102 valence electrons. The smallest absolute Gasteiger partial charge is 0.146 e. The third-order valence-corrected chi connectivity index (χ3v) is 4.51. The number of nitrogen functional groups attached to an aromatic ring is 1. The van der Waals surface area contributed by atoms with Gasteiger partial charge in [-0.15, -0.1) is 11.3 Å². The van der Waals surface area contributed by atoms with Gasteiger partial charge in [-0.3, -0.25) is 0 Å². The van der Waals surface area contributed by atoms with Gasteiger partial charge >= 0.3 is 0 Å². The summed E-state index contributed by atoms with van der Waals surface area (Å²) in [4.78, 5) is 4.30. The molecule has 20 heavy (non-hydrogen) atoms. The maximum atomic E-state index is 6.16. The van der Waals surface area contributed by atoms with Gasteiger partial charge in [-0.1, -0.05) is 29.3 Å². The Balaban J connectivity index is 1.90. The Kier molecular flexibility index (Phi) is 3.70. The second kappa shape index (κ2) is 5.48. The van der Waals surface area contributed by atoms with Gasteiger partial charge in [0.2, 0.25) is 0 Å². The number of aromatic nitrogens is 1. The highest BCUT2D eigenvalue weighted by Crippen LogP contribution is 2.32. The van der Waals surface area contributed by atoms with Crippen molar-refractivity contribution in [1.29, 1.82) is 0 Å².